The standard InChI is InChI=1S/C5H9N3OS/c1-2-10(9)4-5-3-6-8-7-5/h3H,2,4H2,1H3,(H,6,7,8). The first-order valence-electron chi connectivity index (χ1n) is 3.03. The molecule has 0 bridgehead atoms. The number of nitrogens with one attached hydrogen (secondary N) is 1. The van der Waals surface area contributed by atoms with Gasteiger partial charge in [-0.05, 0) is 18.1 Å². The van der Waals surface area contributed by atoms with Crippen LogP contribution < -0.4 is 0 Å². The largest absolute Gasteiger partial charge is 0.616 e. The molecule has 1 unspecified atom stereocenters. The zero-order chi connectivity index (χ0) is 7.40. The summed E-state index contributed by atoms with van der Waals surface area (Å²) in [5.74, 6) is 1.18. The molecule has 1 aromatic rings. The minimum atomic E-state index is -0.779. The minimum Gasteiger partial charge on any atom is -0.616 e. The fourth-order valence-corrected chi connectivity index (χ4v) is 1.24. The number of aromatic amines is 1. The lowest BCUT2D eigenvalue weighted by molar-refractivity contribution is 0.594. The smallest absolute Gasteiger partial charge is 0.150 e. The summed E-state index contributed by atoms with van der Waals surface area (Å²) >= 11 is -0.779. The summed E-state index contributed by atoms with van der Waals surface area (Å²) in [7, 11) is 0. The van der Waals surface area contributed by atoms with Gasteiger partial charge >= 0.3 is 0 Å². The number of hydrogen-bond donors (Lipinski definition) is 1. The lowest BCUT2D eigenvalue weighted by Crippen LogP contribution is -2.06. The van der Waals surface area contributed by atoms with Crippen molar-refractivity contribution in [3.05, 3.63) is 11.9 Å². The molecular formula is C5H9N3OS. The van der Waals surface area contributed by atoms with Crippen LogP contribution in [-0.4, -0.2) is 25.7 Å². The van der Waals surface area contributed by atoms with Gasteiger partial charge in [-0.25, -0.2) is 0 Å². The highest BCUT2D eigenvalue weighted by Crippen LogP contribution is 1.99. The van der Waals surface area contributed by atoms with Crippen molar-refractivity contribution in [3.63, 3.8) is 0 Å². The van der Waals surface area contributed by atoms with E-state index >= 15 is 0 Å². The van der Waals surface area contributed by atoms with Gasteiger partial charge in [0.25, 0.3) is 0 Å². The monoisotopic (exact) mass is 159 g/mol. The first-order chi connectivity index (χ1) is 4.83. The van der Waals surface area contributed by atoms with Gasteiger partial charge in [-0.2, -0.15) is 0 Å². The molecule has 1 rings (SSSR count). The summed E-state index contributed by atoms with van der Waals surface area (Å²) < 4.78 is 10.9. The Labute approximate surface area is 62.2 Å². The Morgan fingerprint density at radius 3 is 3.10 bits per heavy atom. The Bertz CT molecular complexity index is 177. The van der Waals surface area contributed by atoms with E-state index in [1.165, 1.54) is 0 Å². The number of hydrogen-bond acceptors (Lipinski definition) is 3. The van der Waals surface area contributed by atoms with Gasteiger partial charge in [0.05, 0.1) is 6.20 Å². The predicted octanol–water partition coefficient (Wildman–Crippen LogP) is 0.0733. The van der Waals surface area contributed by atoms with Crippen molar-refractivity contribution in [3.8, 4) is 0 Å². The van der Waals surface area contributed by atoms with E-state index in [4.69, 9.17) is 0 Å². The second-order valence-corrected chi connectivity index (χ2v) is 3.58. The summed E-state index contributed by atoms with van der Waals surface area (Å²) in [5, 5.41) is 9.77. The molecule has 0 aromatic carbocycles. The van der Waals surface area contributed by atoms with E-state index < -0.39 is 11.2 Å². The third-order valence-electron chi connectivity index (χ3n) is 1.10. The lowest BCUT2D eigenvalue weighted by Gasteiger charge is -2.04. The van der Waals surface area contributed by atoms with E-state index in [1.54, 1.807) is 6.20 Å². The average Bonchev–Trinajstić information content (AvgIpc) is 2.40. The van der Waals surface area contributed by atoms with Gasteiger partial charge in [0, 0.05) is 0 Å². The van der Waals surface area contributed by atoms with Crippen LogP contribution in [0.3, 0.4) is 0 Å². The Morgan fingerprint density at radius 2 is 2.60 bits per heavy atom. The van der Waals surface area contributed by atoms with Crippen molar-refractivity contribution >= 4 is 11.2 Å². The van der Waals surface area contributed by atoms with Crippen LogP contribution in [-0.2, 0) is 16.9 Å². The van der Waals surface area contributed by atoms with Crippen molar-refractivity contribution < 1.29 is 4.55 Å². The number of rotatable bonds is 3. The van der Waals surface area contributed by atoms with Crippen LogP contribution >= 0.6 is 0 Å². The van der Waals surface area contributed by atoms with Crippen molar-refractivity contribution in [2.45, 2.75) is 12.7 Å². The zero-order valence-corrected chi connectivity index (χ0v) is 6.52. The number of nitrogens with zero attached hydrogens (tertiary/aromatic N) is 2. The summed E-state index contributed by atoms with van der Waals surface area (Å²) in [5.41, 5.74) is 0.764. The molecule has 0 saturated heterocycles. The Balaban J connectivity index is 2.40. The molecule has 0 fully saturated rings. The van der Waals surface area contributed by atoms with Crippen molar-refractivity contribution in [1.29, 1.82) is 0 Å². The molecule has 0 aliphatic rings. The van der Waals surface area contributed by atoms with Gasteiger partial charge in [0.15, 0.2) is 5.75 Å². The van der Waals surface area contributed by atoms with Crippen LogP contribution in [0.4, 0.5) is 0 Å². The van der Waals surface area contributed by atoms with Gasteiger partial charge in [0.1, 0.15) is 11.4 Å². The van der Waals surface area contributed by atoms with Gasteiger partial charge in [-0.1, -0.05) is 5.21 Å². The van der Waals surface area contributed by atoms with E-state index in [0.29, 0.717) is 11.5 Å². The molecule has 4 nitrogen and oxygen atoms in total. The summed E-state index contributed by atoms with van der Waals surface area (Å²) in [6.07, 6.45) is 1.66. The van der Waals surface area contributed by atoms with Gasteiger partial charge < -0.3 is 4.55 Å². The van der Waals surface area contributed by atoms with Crippen molar-refractivity contribution in [2.75, 3.05) is 5.75 Å². The Morgan fingerprint density at radius 1 is 1.80 bits per heavy atom. The quantitative estimate of drug-likeness (QED) is 0.635. The molecule has 1 aromatic heterocycles. The van der Waals surface area contributed by atoms with E-state index in [-0.39, 0.29) is 0 Å². The second kappa shape index (κ2) is 3.58. The molecule has 10 heavy (non-hydrogen) atoms. The first kappa shape index (κ1) is 7.56. The maximum Gasteiger partial charge on any atom is 0.150 e. The molecule has 1 N–H and O–H groups in total. The van der Waals surface area contributed by atoms with Crippen LogP contribution in [0, 0.1) is 0 Å². The summed E-state index contributed by atoms with van der Waals surface area (Å²) in [6.45, 7) is 1.89. The lowest BCUT2D eigenvalue weighted by atomic mass is 10.6. The molecule has 0 saturated carbocycles. The molecule has 0 amide bonds. The van der Waals surface area contributed by atoms with E-state index in [2.05, 4.69) is 15.4 Å². The fourth-order valence-electron chi connectivity index (χ4n) is 0.563. The van der Waals surface area contributed by atoms with E-state index in [0.717, 1.165) is 5.69 Å². The van der Waals surface area contributed by atoms with E-state index in [1.807, 2.05) is 6.92 Å². The van der Waals surface area contributed by atoms with Gasteiger partial charge in [0.2, 0.25) is 0 Å². The fraction of sp³-hybridized carbons (Fsp3) is 0.600. The molecule has 0 aliphatic carbocycles. The highest BCUT2D eigenvalue weighted by molar-refractivity contribution is 7.90. The molecule has 0 radical (unpaired) electrons. The first-order valence-corrected chi connectivity index (χ1v) is 4.52. The topological polar surface area (TPSA) is 64.6 Å². The van der Waals surface area contributed by atoms with Gasteiger partial charge in [-0.15, -0.1) is 5.10 Å². The summed E-state index contributed by atoms with van der Waals surface area (Å²) in [6, 6.07) is 0. The molecule has 0 spiro atoms. The van der Waals surface area contributed by atoms with Crippen molar-refractivity contribution in [1.82, 2.24) is 15.4 Å². The molecule has 56 valence electrons. The van der Waals surface area contributed by atoms with E-state index in [9.17, 15) is 4.55 Å². The normalized spacial score (nSPS) is 13.4. The van der Waals surface area contributed by atoms with Crippen LogP contribution in [0.15, 0.2) is 6.20 Å². The highest BCUT2D eigenvalue weighted by atomic mass is 32.2. The molecule has 1 atom stereocenters. The maximum absolute atomic E-state index is 10.9. The van der Waals surface area contributed by atoms with Crippen LogP contribution in [0.1, 0.15) is 12.6 Å². The summed E-state index contributed by atoms with van der Waals surface area (Å²) in [4.78, 5) is 0. The second-order valence-electron chi connectivity index (χ2n) is 1.84. The van der Waals surface area contributed by atoms with Gasteiger partial charge in [-0.3, -0.25) is 5.10 Å². The van der Waals surface area contributed by atoms with Crippen LogP contribution in [0.2, 0.25) is 0 Å². The predicted molar refractivity (Wildman–Crippen MR) is 38.8 cm³/mol. The molecule has 0 aliphatic heterocycles. The number of H-pyrrole nitrogens is 1. The molecular weight excluding hydrogens is 150 g/mol. The third-order valence-corrected chi connectivity index (χ3v) is 2.36. The minimum absolute atomic E-state index is 0.507. The zero-order valence-electron chi connectivity index (χ0n) is 5.70. The number of aromatic nitrogens is 3. The van der Waals surface area contributed by atoms with Crippen molar-refractivity contribution in [2.24, 2.45) is 0 Å². The molecule has 1 heterocycles. The maximum atomic E-state index is 10.9. The highest BCUT2D eigenvalue weighted by Gasteiger charge is 2.05. The molecule has 5 heteroatoms. The third kappa shape index (κ3) is 2.00. The average molecular weight is 159 g/mol. The Kier molecular flexibility index (Phi) is 2.70. The van der Waals surface area contributed by atoms with Crippen LogP contribution in [0.5, 0.6) is 0 Å². The van der Waals surface area contributed by atoms with Crippen LogP contribution in [0.25, 0.3) is 0 Å². The Hall–Kier alpha value is -0.550. The SMILES string of the molecule is CC[S+]([O-])Cc1c[nH]nn1.